The van der Waals surface area contributed by atoms with E-state index in [0.717, 1.165) is 24.2 Å². The summed E-state index contributed by atoms with van der Waals surface area (Å²) in [6, 6.07) is 9.96. The van der Waals surface area contributed by atoms with Gasteiger partial charge in [-0.3, -0.25) is 4.79 Å². The first-order valence-electron chi connectivity index (χ1n) is 10.6. The summed E-state index contributed by atoms with van der Waals surface area (Å²) in [5.41, 5.74) is 10.2. The Balaban J connectivity index is 1.59. The van der Waals surface area contributed by atoms with Crippen molar-refractivity contribution in [1.82, 2.24) is 25.8 Å². The average Bonchev–Trinajstić information content (AvgIpc) is 3.25. The number of benzene rings is 1. The Kier molecular flexibility index (Phi) is 5.99. The number of rotatable bonds is 6. The molecule has 1 aromatic carbocycles. The maximum atomic E-state index is 12.2. The second-order valence-corrected chi connectivity index (χ2v) is 8.36. The number of nitrogens with two attached hydrogens (primary N) is 1. The van der Waals surface area contributed by atoms with E-state index in [-0.39, 0.29) is 29.5 Å². The molecule has 4 N–H and O–H groups in total. The third kappa shape index (κ3) is 4.44. The summed E-state index contributed by atoms with van der Waals surface area (Å²) in [6.07, 6.45) is 2.43. The predicted octanol–water partition coefficient (Wildman–Crippen LogP) is 2.98. The number of hydrogen-bond acceptors (Lipinski definition) is 7. The molecule has 0 bridgehead atoms. The molecule has 0 aliphatic carbocycles. The van der Waals surface area contributed by atoms with Gasteiger partial charge in [-0.25, -0.2) is 9.97 Å². The van der Waals surface area contributed by atoms with Crippen molar-refractivity contribution in [2.45, 2.75) is 32.7 Å². The van der Waals surface area contributed by atoms with Crippen molar-refractivity contribution in [1.29, 1.82) is 0 Å². The molecule has 3 aromatic rings. The third-order valence-corrected chi connectivity index (χ3v) is 5.81. The molecule has 0 radical (unpaired) electrons. The molecule has 3 heterocycles. The number of aromatic nitrogens is 3. The molecule has 162 valence electrons. The Morgan fingerprint density at radius 1 is 1.29 bits per heavy atom. The van der Waals surface area contributed by atoms with Crippen LogP contribution in [0.15, 0.2) is 41.1 Å². The van der Waals surface area contributed by atoms with E-state index in [1.165, 1.54) is 5.56 Å². The molecular weight excluding hydrogens is 392 g/mol. The topological polar surface area (TPSA) is 119 Å². The van der Waals surface area contributed by atoms with Gasteiger partial charge in [0, 0.05) is 36.6 Å². The smallest absolute Gasteiger partial charge is 0.223 e. The number of carbonyl (C=O) groups excluding carboxylic acids is 1. The van der Waals surface area contributed by atoms with Gasteiger partial charge in [0.2, 0.25) is 5.91 Å². The first-order chi connectivity index (χ1) is 15.0. The molecule has 1 aliphatic rings. The lowest BCUT2D eigenvalue weighted by atomic mass is 9.81. The van der Waals surface area contributed by atoms with Gasteiger partial charge >= 0.3 is 0 Å². The van der Waals surface area contributed by atoms with Crippen LogP contribution in [0, 0.1) is 11.8 Å². The molecule has 1 fully saturated rings. The summed E-state index contributed by atoms with van der Waals surface area (Å²) in [4.78, 5) is 21.2. The van der Waals surface area contributed by atoms with E-state index in [2.05, 4.69) is 46.8 Å². The maximum absolute atomic E-state index is 12.2. The maximum Gasteiger partial charge on any atom is 0.223 e. The van der Waals surface area contributed by atoms with Crippen molar-refractivity contribution < 1.29 is 9.32 Å². The quantitative estimate of drug-likeness (QED) is 0.561. The highest BCUT2D eigenvalue weighted by Crippen LogP contribution is 2.33. The second-order valence-electron chi connectivity index (χ2n) is 8.36. The van der Waals surface area contributed by atoms with E-state index in [1.807, 2.05) is 25.2 Å². The van der Waals surface area contributed by atoms with Gasteiger partial charge in [0.25, 0.3) is 0 Å². The van der Waals surface area contributed by atoms with E-state index in [4.69, 9.17) is 15.2 Å². The fourth-order valence-electron chi connectivity index (χ4n) is 3.96. The van der Waals surface area contributed by atoms with Crippen LogP contribution >= 0.6 is 0 Å². The Hall–Kier alpha value is -3.26. The van der Waals surface area contributed by atoms with Crippen molar-refractivity contribution in [2.75, 3.05) is 19.3 Å². The molecule has 1 saturated heterocycles. The first kappa shape index (κ1) is 21.0. The van der Waals surface area contributed by atoms with E-state index in [9.17, 15) is 4.79 Å². The molecule has 0 spiro atoms. The van der Waals surface area contributed by atoms with Crippen LogP contribution in [0.25, 0.3) is 22.7 Å². The average molecular weight is 421 g/mol. The minimum Gasteiger partial charge on any atom is -0.382 e. The van der Waals surface area contributed by atoms with Crippen molar-refractivity contribution in [3.8, 4) is 22.7 Å². The summed E-state index contributed by atoms with van der Waals surface area (Å²) in [6.45, 7) is 5.48. The van der Waals surface area contributed by atoms with Crippen LogP contribution in [-0.4, -0.2) is 34.6 Å². The molecule has 1 amide bonds. The summed E-state index contributed by atoms with van der Waals surface area (Å²) in [7, 11) is 1.92. The van der Waals surface area contributed by atoms with Crippen molar-refractivity contribution in [3.63, 3.8) is 0 Å². The number of nitrogen functional groups attached to an aromatic ring is 1. The molecule has 2 aromatic heterocycles. The van der Waals surface area contributed by atoms with Crippen molar-refractivity contribution in [3.05, 3.63) is 47.8 Å². The lowest BCUT2D eigenvalue weighted by Crippen LogP contribution is -2.42. The molecule has 31 heavy (non-hydrogen) atoms. The van der Waals surface area contributed by atoms with Crippen LogP contribution < -0.4 is 16.4 Å². The molecule has 2 atom stereocenters. The van der Waals surface area contributed by atoms with Gasteiger partial charge in [-0.2, -0.15) is 0 Å². The van der Waals surface area contributed by atoms with Gasteiger partial charge in [0.05, 0.1) is 11.9 Å². The number of hydrogen-bond donors (Lipinski definition) is 3. The second kappa shape index (κ2) is 8.85. The zero-order chi connectivity index (χ0) is 22.0. The first-order valence-corrected chi connectivity index (χ1v) is 10.6. The highest BCUT2D eigenvalue weighted by atomic mass is 16.5. The van der Waals surface area contributed by atoms with Crippen molar-refractivity contribution in [2.24, 2.45) is 11.8 Å². The van der Waals surface area contributed by atoms with Crippen LogP contribution in [0.3, 0.4) is 0 Å². The Bertz CT molecular complexity index is 1060. The largest absolute Gasteiger partial charge is 0.382 e. The SMILES string of the molecule is CNCc1ccc(-c2cc(-c3nc(C4CNC(=O)C(C(C)C)C4)cnc3N)on2)cc1. The van der Waals surface area contributed by atoms with E-state index >= 15 is 0 Å². The van der Waals surface area contributed by atoms with Crippen LogP contribution in [0.5, 0.6) is 0 Å². The van der Waals surface area contributed by atoms with Gasteiger partial charge in [-0.15, -0.1) is 0 Å². The van der Waals surface area contributed by atoms with Crippen LogP contribution in [0.4, 0.5) is 5.82 Å². The van der Waals surface area contributed by atoms with E-state index < -0.39 is 0 Å². The fraction of sp³-hybridized carbons (Fsp3) is 0.391. The fourth-order valence-corrected chi connectivity index (χ4v) is 3.96. The molecule has 4 rings (SSSR count). The summed E-state index contributed by atoms with van der Waals surface area (Å²) in [5, 5.41) is 10.3. The minimum absolute atomic E-state index is 0.0377. The van der Waals surface area contributed by atoms with Crippen LogP contribution in [-0.2, 0) is 11.3 Å². The normalized spacial score (nSPS) is 18.9. The van der Waals surface area contributed by atoms with Gasteiger partial charge in [0.15, 0.2) is 17.3 Å². The van der Waals surface area contributed by atoms with Gasteiger partial charge in [0.1, 0.15) is 5.69 Å². The molecular formula is C23H28N6O2. The summed E-state index contributed by atoms with van der Waals surface area (Å²) in [5.74, 6) is 1.18. The molecule has 1 aliphatic heterocycles. The highest BCUT2D eigenvalue weighted by molar-refractivity contribution is 5.80. The van der Waals surface area contributed by atoms with Gasteiger partial charge < -0.3 is 20.9 Å². The summed E-state index contributed by atoms with van der Waals surface area (Å²) >= 11 is 0. The van der Waals surface area contributed by atoms with Crippen LogP contribution in [0.2, 0.25) is 0 Å². The zero-order valence-electron chi connectivity index (χ0n) is 18.1. The molecule has 8 heteroatoms. The van der Waals surface area contributed by atoms with Gasteiger partial charge in [-0.1, -0.05) is 43.3 Å². The zero-order valence-corrected chi connectivity index (χ0v) is 18.1. The molecule has 0 saturated carbocycles. The lowest BCUT2D eigenvalue weighted by Gasteiger charge is -2.31. The predicted molar refractivity (Wildman–Crippen MR) is 119 cm³/mol. The molecule has 8 nitrogen and oxygen atoms in total. The Morgan fingerprint density at radius 3 is 2.77 bits per heavy atom. The van der Waals surface area contributed by atoms with Crippen LogP contribution in [0.1, 0.15) is 37.4 Å². The number of anilines is 1. The number of carbonyl (C=O) groups is 1. The molecule has 2 unspecified atom stereocenters. The number of amides is 1. The standard InChI is InChI=1S/C23H28N6O2/c1-13(2)17-8-16(11-27-23(17)30)19-12-26-22(24)21(28-19)20-9-18(29-31-20)15-6-4-14(5-7-15)10-25-3/h4-7,9,12-13,16-17,25H,8,10-11H2,1-3H3,(H2,24,26)(H,27,30). The Labute approximate surface area is 181 Å². The number of nitrogens with one attached hydrogen (secondary N) is 2. The monoisotopic (exact) mass is 420 g/mol. The Morgan fingerprint density at radius 2 is 2.06 bits per heavy atom. The highest BCUT2D eigenvalue weighted by Gasteiger charge is 2.32. The lowest BCUT2D eigenvalue weighted by molar-refractivity contribution is -0.128. The van der Waals surface area contributed by atoms with Crippen molar-refractivity contribution >= 4 is 11.7 Å². The summed E-state index contributed by atoms with van der Waals surface area (Å²) < 4.78 is 5.57. The van der Waals surface area contributed by atoms with E-state index in [0.29, 0.717) is 23.7 Å². The minimum atomic E-state index is -0.0377. The van der Waals surface area contributed by atoms with E-state index in [1.54, 1.807) is 6.20 Å². The third-order valence-electron chi connectivity index (χ3n) is 5.81. The van der Waals surface area contributed by atoms with Gasteiger partial charge in [-0.05, 0) is 24.9 Å². The number of piperidine rings is 1. The number of nitrogens with zero attached hydrogens (tertiary/aromatic N) is 3.